The maximum absolute atomic E-state index is 13.4. The van der Waals surface area contributed by atoms with Gasteiger partial charge in [0.25, 0.3) is 5.91 Å². The Morgan fingerprint density at radius 1 is 1.00 bits per heavy atom. The molecule has 2 aromatic carbocycles. The number of aromatic nitrogens is 5. The van der Waals surface area contributed by atoms with E-state index in [-0.39, 0.29) is 24.1 Å². The third-order valence-electron chi connectivity index (χ3n) is 7.00. The van der Waals surface area contributed by atoms with E-state index in [1.807, 2.05) is 61.9 Å². The van der Waals surface area contributed by atoms with Crippen LogP contribution in [-0.4, -0.2) is 48.0 Å². The van der Waals surface area contributed by atoms with E-state index in [0.717, 1.165) is 34.3 Å². The second-order valence-corrected chi connectivity index (χ2v) is 10.1. The summed E-state index contributed by atoms with van der Waals surface area (Å²) in [5.74, 6) is -0.324. The molecule has 3 aromatic heterocycles. The highest BCUT2D eigenvalue weighted by Crippen LogP contribution is 2.25. The number of ketones is 1. The van der Waals surface area contributed by atoms with Crippen molar-refractivity contribution >= 4 is 34.2 Å². The highest BCUT2D eigenvalue weighted by molar-refractivity contribution is 6.13. The molecular formula is C31H33N7O3. The van der Waals surface area contributed by atoms with E-state index in [4.69, 9.17) is 0 Å². The number of rotatable bonds is 11. The highest BCUT2D eigenvalue weighted by Gasteiger charge is 2.18. The van der Waals surface area contributed by atoms with Gasteiger partial charge in [-0.1, -0.05) is 18.6 Å². The normalized spacial score (nSPS) is 11.1. The number of imidazole rings is 1. The number of nitrogens with one attached hydrogen (secondary N) is 2. The monoisotopic (exact) mass is 551 g/mol. The molecule has 210 valence electrons. The van der Waals surface area contributed by atoms with Crippen LogP contribution in [0.4, 0.5) is 5.69 Å². The Morgan fingerprint density at radius 2 is 1.80 bits per heavy atom. The molecule has 5 aromatic rings. The lowest BCUT2D eigenvalue weighted by molar-refractivity contribution is -0.121. The molecule has 0 aliphatic carbocycles. The third kappa shape index (κ3) is 6.11. The van der Waals surface area contributed by atoms with Crippen molar-refractivity contribution < 1.29 is 14.4 Å². The van der Waals surface area contributed by atoms with Gasteiger partial charge in [0.05, 0.1) is 35.0 Å². The number of anilines is 1. The van der Waals surface area contributed by atoms with Crippen LogP contribution in [0.1, 0.15) is 51.7 Å². The number of Topliss-reactive ketones (excluding diaryl/α,β-unsaturated/α-hetero) is 1. The summed E-state index contributed by atoms with van der Waals surface area (Å²) in [6.45, 7) is 7.03. The number of fused-ring (bicyclic) bond motifs is 1. The van der Waals surface area contributed by atoms with Crippen LogP contribution in [0.25, 0.3) is 16.6 Å². The number of carbonyl (C=O) groups excluding carboxylic acids is 3. The molecule has 2 amide bonds. The van der Waals surface area contributed by atoms with Crippen LogP contribution in [0.15, 0.2) is 73.6 Å². The van der Waals surface area contributed by atoms with Crippen LogP contribution in [0.2, 0.25) is 0 Å². The zero-order valence-electron chi connectivity index (χ0n) is 23.4. The first-order chi connectivity index (χ1) is 19.8. The molecule has 10 nitrogen and oxygen atoms in total. The number of carbonyl (C=O) groups is 3. The standard InChI is InChI=1S/C31H33N7O3/c1-4-5-29(39)26-17-34-38(22(26)3)24-9-7-23(8-10-24)35-31(41)27-18-37(28-11-6-21(2)16-25(27)28)19-30(40)33-13-15-36-14-12-32-20-36/h6-12,14,16-18,20H,4-5,13,15,19H2,1-3H3,(H,33,40)(H,35,41). The van der Waals surface area contributed by atoms with Crippen LogP contribution in [0.3, 0.4) is 0 Å². The lowest BCUT2D eigenvalue weighted by atomic mass is 10.1. The first-order valence-corrected chi connectivity index (χ1v) is 13.7. The van der Waals surface area contributed by atoms with E-state index < -0.39 is 0 Å². The third-order valence-corrected chi connectivity index (χ3v) is 7.00. The van der Waals surface area contributed by atoms with E-state index >= 15 is 0 Å². The molecule has 0 aliphatic rings. The van der Waals surface area contributed by atoms with Crippen LogP contribution in [-0.2, 0) is 17.9 Å². The molecule has 0 radical (unpaired) electrons. The van der Waals surface area contributed by atoms with Gasteiger partial charge in [0.2, 0.25) is 5.91 Å². The van der Waals surface area contributed by atoms with Gasteiger partial charge in [-0.25, -0.2) is 9.67 Å². The fraction of sp³-hybridized carbons (Fsp3) is 0.258. The Balaban J connectivity index is 1.30. The molecule has 41 heavy (non-hydrogen) atoms. The summed E-state index contributed by atoms with van der Waals surface area (Å²) in [4.78, 5) is 42.4. The zero-order valence-corrected chi connectivity index (χ0v) is 23.4. The molecule has 3 heterocycles. The Morgan fingerprint density at radius 3 is 2.54 bits per heavy atom. The topological polar surface area (TPSA) is 116 Å². The lowest BCUT2D eigenvalue weighted by Gasteiger charge is -2.08. The van der Waals surface area contributed by atoms with E-state index in [2.05, 4.69) is 20.7 Å². The number of benzene rings is 2. The Kier molecular flexibility index (Phi) is 8.09. The summed E-state index contributed by atoms with van der Waals surface area (Å²) in [5.41, 5.74) is 5.14. The number of aryl methyl sites for hydroxylation is 1. The fourth-order valence-electron chi connectivity index (χ4n) is 4.87. The first-order valence-electron chi connectivity index (χ1n) is 13.7. The fourth-order valence-corrected chi connectivity index (χ4v) is 4.87. The van der Waals surface area contributed by atoms with E-state index in [1.165, 1.54) is 0 Å². The number of nitrogens with zero attached hydrogens (tertiary/aromatic N) is 5. The van der Waals surface area contributed by atoms with E-state index in [9.17, 15) is 14.4 Å². The van der Waals surface area contributed by atoms with Crippen LogP contribution in [0.5, 0.6) is 0 Å². The van der Waals surface area contributed by atoms with Gasteiger partial charge in [-0.05, 0) is 56.7 Å². The molecule has 0 bridgehead atoms. The first kappa shape index (κ1) is 27.6. The zero-order chi connectivity index (χ0) is 28.9. The van der Waals surface area contributed by atoms with Gasteiger partial charge in [0.15, 0.2) is 5.78 Å². The van der Waals surface area contributed by atoms with Gasteiger partial charge in [-0.15, -0.1) is 0 Å². The van der Waals surface area contributed by atoms with Crippen molar-refractivity contribution in [1.82, 2.24) is 29.2 Å². The molecule has 10 heteroatoms. The predicted molar refractivity (Wildman–Crippen MR) is 157 cm³/mol. The molecule has 0 saturated carbocycles. The lowest BCUT2D eigenvalue weighted by Crippen LogP contribution is -2.30. The quantitative estimate of drug-likeness (QED) is 0.231. The smallest absolute Gasteiger partial charge is 0.257 e. The summed E-state index contributed by atoms with van der Waals surface area (Å²) in [7, 11) is 0. The second kappa shape index (κ2) is 12.0. The summed E-state index contributed by atoms with van der Waals surface area (Å²) in [6.07, 6.45) is 9.87. The van der Waals surface area contributed by atoms with Gasteiger partial charge in [-0.3, -0.25) is 14.4 Å². The van der Waals surface area contributed by atoms with E-state index in [0.29, 0.717) is 36.3 Å². The predicted octanol–water partition coefficient (Wildman–Crippen LogP) is 4.69. The van der Waals surface area contributed by atoms with Crippen molar-refractivity contribution in [3.63, 3.8) is 0 Å². The minimum Gasteiger partial charge on any atom is -0.353 e. The molecule has 0 saturated heterocycles. The molecule has 0 fully saturated rings. The number of amides is 2. The molecular weight excluding hydrogens is 518 g/mol. The van der Waals surface area contributed by atoms with Crippen molar-refractivity contribution in [2.45, 2.75) is 46.7 Å². The van der Waals surface area contributed by atoms with Gasteiger partial charge < -0.3 is 19.8 Å². The van der Waals surface area contributed by atoms with Gasteiger partial charge >= 0.3 is 0 Å². The van der Waals surface area contributed by atoms with Gasteiger partial charge in [0, 0.05) is 54.7 Å². The Labute approximate surface area is 238 Å². The summed E-state index contributed by atoms with van der Waals surface area (Å²) < 4.78 is 5.42. The summed E-state index contributed by atoms with van der Waals surface area (Å²) >= 11 is 0. The van der Waals surface area contributed by atoms with Crippen molar-refractivity contribution in [2.24, 2.45) is 0 Å². The maximum atomic E-state index is 13.4. The second-order valence-electron chi connectivity index (χ2n) is 10.1. The molecule has 0 spiro atoms. The van der Waals surface area contributed by atoms with E-state index in [1.54, 1.807) is 46.3 Å². The molecule has 0 unspecified atom stereocenters. The highest BCUT2D eigenvalue weighted by atomic mass is 16.2. The van der Waals surface area contributed by atoms with Gasteiger partial charge in [0.1, 0.15) is 6.54 Å². The molecule has 0 atom stereocenters. The minimum absolute atomic E-state index is 0.0847. The Hall–Kier alpha value is -4.99. The minimum atomic E-state index is -0.268. The average Bonchev–Trinajstić information content (AvgIpc) is 3.69. The average molecular weight is 552 g/mol. The number of hydrogen-bond donors (Lipinski definition) is 2. The van der Waals surface area contributed by atoms with Crippen molar-refractivity contribution in [3.05, 3.63) is 96.0 Å². The number of hydrogen-bond acceptors (Lipinski definition) is 5. The summed E-state index contributed by atoms with van der Waals surface area (Å²) in [5, 5.41) is 11.1. The van der Waals surface area contributed by atoms with Crippen molar-refractivity contribution in [2.75, 3.05) is 11.9 Å². The molecule has 0 aliphatic heterocycles. The van der Waals surface area contributed by atoms with Crippen LogP contribution < -0.4 is 10.6 Å². The molecule has 5 rings (SSSR count). The SMILES string of the molecule is CCCC(=O)c1cnn(-c2ccc(NC(=O)c3cn(CC(=O)NCCn4ccnc4)c4ccc(C)cc34)cc2)c1C. The maximum Gasteiger partial charge on any atom is 0.257 e. The van der Waals surface area contributed by atoms with Gasteiger partial charge in [-0.2, -0.15) is 5.10 Å². The van der Waals surface area contributed by atoms with Crippen molar-refractivity contribution in [3.8, 4) is 5.69 Å². The van der Waals surface area contributed by atoms with Crippen LogP contribution in [0, 0.1) is 13.8 Å². The van der Waals surface area contributed by atoms with Crippen LogP contribution >= 0.6 is 0 Å². The van der Waals surface area contributed by atoms with Crippen molar-refractivity contribution in [1.29, 1.82) is 0 Å². The Bertz CT molecular complexity index is 1700. The largest absolute Gasteiger partial charge is 0.353 e. The summed E-state index contributed by atoms with van der Waals surface area (Å²) in [6, 6.07) is 13.2. The molecule has 2 N–H and O–H groups in total.